The van der Waals surface area contributed by atoms with Crippen molar-refractivity contribution in [2.24, 2.45) is 0 Å². The SMILES string of the molecule is Cc1ccc(C(=O)CCC2OCCO2)cc1. The van der Waals surface area contributed by atoms with Crippen LogP contribution in [0.1, 0.15) is 28.8 Å². The number of aryl methyl sites for hydroxylation is 1. The maximum Gasteiger partial charge on any atom is 0.163 e. The maximum absolute atomic E-state index is 11.8. The lowest BCUT2D eigenvalue weighted by Crippen LogP contribution is -2.10. The van der Waals surface area contributed by atoms with Crippen molar-refractivity contribution in [1.82, 2.24) is 0 Å². The summed E-state index contributed by atoms with van der Waals surface area (Å²) in [5.74, 6) is 0.152. The van der Waals surface area contributed by atoms with Crippen LogP contribution in [-0.4, -0.2) is 25.3 Å². The Morgan fingerprint density at radius 2 is 1.88 bits per heavy atom. The molecule has 0 spiro atoms. The third-order valence-corrected chi connectivity index (χ3v) is 2.67. The highest BCUT2D eigenvalue weighted by Gasteiger charge is 2.17. The first-order valence-electron chi connectivity index (χ1n) is 5.59. The molecule has 0 atom stereocenters. The Morgan fingerprint density at radius 3 is 2.50 bits per heavy atom. The van der Waals surface area contributed by atoms with Crippen molar-refractivity contribution in [3.05, 3.63) is 35.4 Å². The largest absolute Gasteiger partial charge is 0.350 e. The molecule has 1 aromatic carbocycles. The molecule has 1 fully saturated rings. The predicted molar refractivity (Wildman–Crippen MR) is 60.4 cm³/mol. The van der Waals surface area contributed by atoms with Gasteiger partial charge >= 0.3 is 0 Å². The number of benzene rings is 1. The zero-order chi connectivity index (χ0) is 11.4. The average Bonchev–Trinajstić information content (AvgIpc) is 2.80. The summed E-state index contributed by atoms with van der Waals surface area (Å²) in [6.45, 7) is 3.29. The second-order valence-electron chi connectivity index (χ2n) is 4.00. The van der Waals surface area contributed by atoms with E-state index in [-0.39, 0.29) is 12.1 Å². The Morgan fingerprint density at radius 1 is 1.25 bits per heavy atom. The normalized spacial score (nSPS) is 16.6. The van der Waals surface area contributed by atoms with Gasteiger partial charge in [0.25, 0.3) is 0 Å². The molecule has 1 aliphatic heterocycles. The Balaban J connectivity index is 1.85. The Hall–Kier alpha value is -1.19. The second-order valence-corrected chi connectivity index (χ2v) is 4.00. The molecule has 0 N–H and O–H groups in total. The summed E-state index contributed by atoms with van der Waals surface area (Å²) in [7, 11) is 0. The van der Waals surface area contributed by atoms with Crippen LogP contribution in [0.5, 0.6) is 0 Å². The van der Waals surface area contributed by atoms with Crippen LogP contribution in [0.2, 0.25) is 0 Å². The predicted octanol–water partition coefficient (Wildman–Crippen LogP) is 2.33. The molecule has 0 saturated carbocycles. The molecule has 86 valence electrons. The van der Waals surface area contributed by atoms with Crippen LogP contribution in [0.4, 0.5) is 0 Å². The number of hydrogen-bond donors (Lipinski definition) is 0. The fraction of sp³-hybridized carbons (Fsp3) is 0.462. The number of Topliss-reactive ketones (excluding diaryl/α,β-unsaturated/α-hetero) is 1. The van der Waals surface area contributed by atoms with E-state index >= 15 is 0 Å². The molecule has 16 heavy (non-hydrogen) atoms. The zero-order valence-corrected chi connectivity index (χ0v) is 9.44. The van der Waals surface area contributed by atoms with Crippen molar-refractivity contribution in [3.8, 4) is 0 Å². The lowest BCUT2D eigenvalue weighted by Gasteiger charge is -2.07. The molecular formula is C13H16O3. The van der Waals surface area contributed by atoms with E-state index in [0.717, 1.165) is 5.56 Å². The van der Waals surface area contributed by atoms with Crippen molar-refractivity contribution in [2.75, 3.05) is 13.2 Å². The average molecular weight is 220 g/mol. The van der Waals surface area contributed by atoms with Crippen LogP contribution in [0.15, 0.2) is 24.3 Å². The van der Waals surface area contributed by atoms with E-state index in [2.05, 4.69) is 0 Å². The van der Waals surface area contributed by atoms with Crippen molar-refractivity contribution in [1.29, 1.82) is 0 Å². The highest BCUT2D eigenvalue weighted by Crippen LogP contribution is 2.13. The van der Waals surface area contributed by atoms with E-state index in [0.29, 0.717) is 26.1 Å². The molecule has 1 saturated heterocycles. The molecule has 1 aliphatic rings. The molecule has 0 aromatic heterocycles. The third kappa shape index (κ3) is 2.90. The first-order chi connectivity index (χ1) is 7.75. The van der Waals surface area contributed by atoms with Gasteiger partial charge in [0.1, 0.15) is 0 Å². The van der Waals surface area contributed by atoms with Crippen LogP contribution >= 0.6 is 0 Å². The lowest BCUT2D eigenvalue weighted by molar-refractivity contribution is -0.0464. The maximum atomic E-state index is 11.8. The quantitative estimate of drug-likeness (QED) is 0.730. The van der Waals surface area contributed by atoms with Gasteiger partial charge in [0.05, 0.1) is 13.2 Å². The topological polar surface area (TPSA) is 35.5 Å². The molecule has 0 unspecified atom stereocenters. The highest BCUT2D eigenvalue weighted by atomic mass is 16.7. The number of ether oxygens (including phenoxy) is 2. The monoisotopic (exact) mass is 220 g/mol. The summed E-state index contributed by atoms with van der Waals surface area (Å²) in [6.07, 6.45) is 0.940. The van der Waals surface area contributed by atoms with Gasteiger partial charge in [-0.1, -0.05) is 29.8 Å². The van der Waals surface area contributed by atoms with E-state index in [1.165, 1.54) is 5.56 Å². The van der Waals surface area contributed by atoms with E-state index in [1.807, 2.05) is 31.2 Å². The summed E-state index contributed by atoms with van der Waals surface area (Å²) in [5.41, 5.74) is 1.93. The van der Waals surface area contributed by atoms with Crippen molar-refractivity contribution in [2.45, 2.75) is 26.1 Å². The van der Waals surface area contributed by atoms with Gasteiger partial charge in [0, 0.05) is 18.4 Å². The first-order valence-corrected chi connectivity index (χ1v) is 5.59. The van der Waals surface area contributed by atoms with Gasteiger partial charge in [-0.2, -0.15) is 0 Å². The van der Waals surface area contributed by atoms with Gasteiger partial charge in [-0.05, 0) is 6.92 Å². The van der Waals surface area contributed by atoms with Crippen LogP contribution in [0.3, 0.4) is 0 Å². The molecule has 0 amide bonds. The van der Waals surface area contributed by atoms with Gasteiger partial charge in [-0.15, -0.1) is 0 Å². The van der Waals surface area contributed by atoms with Gasteiger partial charge in [0.2, 0.25) is 0 Å². The minimum Gasteiger partial charge on any atom is -0.350 e. The molecule has 3 heteroatoms. The van der Waals surface area contributed by atoms with Crippen LogP contribution in [0.25, 0.3) is 0 Å². The Labute approximate surface area is 95.4 Å². The molecule has 0 bridgehead atoms. The Bertz CT molecular complexity index is 350. The van der Waals surface area contributed by atoms with E-state index in [9.17, 15) is 4.79 Å². The molecule has 2 rings (SSSR count). The highest BCUT2D eigenvalue weighted by molar-refractivity contribution is 5.96. The Kier molecular flexibility index (Phi) is 3.70. The number of carbonyl (C=O) groups is 1. The molecule has 0 radical (unpaired) electrons. The smallest absolute Gasteiger partial charge is 0.163 e. The molecule has 1 heterocycles. The van der Waals surface area contributed by atoms with Crippen molar-refractivity contribution in [3.63, 3.8) is 0 Å². The molecular weight excluding hydrogens is 204 g/mol. The molecule has 1 aromatic rings. The van der Waals surface area contributed by atoms with Gasteiger partial charge in [-0.25, -0.2) is 0 Å². The number of carbonyl (C=O) groups excluding carboxylic acids is 1. The minimum absolute atomic E-state index is 0.152. The van der Waals surface area contributed by atoms with E-state index < -0.39 is 0 Å². The first kappa shape index (κ1) is 11.3. The lowest BCUT2D eigenvalue weighted by atomic mass is 10.1. The van der Waals surface area contributed by atoms with Gasteiger partial charge in [0.15, 0.2) is 12.1 Å². The van der Waals surface area contributed by atoms with Gasteiger partial charge < -0.3 is 9.47 Å². The number of ketones is 1. The standard InChI is InChI=1S/C13H16O3/c1-10-2-4-11(5-3-10)12(14)6-7-13-15-8-9-16-13/h2-5,13H,6-9H2,1H3. The van der Waals surface area contributed by atoms with Gasteiger partial charge in [-0.3, -0.25) is 4.79 Å². The van der Waals surface area contributed by atoms with Crippen LogP contribution < -0.4 is 0 Å². The summed E-state index contributed by atoms with van der Waals surface area (Å²) in [4.78, 5) is 11.8. The molecule has 0 aliphatic carbocycles. The van der Waals surface area contributed by atoms with Crippen molar-refractivity contribution >= 4 is 5.78 Å². The van der Waals surface area contributed by atoms with E-state index in [4.69, 9.17) is 9.47 Å². The van der Waals surface area contributed by atoms with Crippen LogP contribution in [-0.2, 0) is 9.47 Å². The third-order valence-electron chi connectivity index (χ3n) is 2.67. The summed E-state index contributed by atoms with van der Waals surface area (Å²) in [6, 6.07) is 7.65. The van der Waals surface area contributed by atoms with Crippen LogP contribution in [0, 0.1) is 6.92 Å². The zero-order valence-electron chi connectivity index (χ0n) is 9.44. The van der Waals surface area contributed by atoms with E-state index in [1.54, 1.807) is 0 Å². The summed E-state index contributed by atoms with van der Waals surface area (Å²) >= 11 is 0. The molecule has 3 nitrogen and oxygen atoms in total. The minimum atomic E-state index is -0.186. The fourth-order valence-electron chi connectivity index (χ4n) is 1.71. The summed E-state index contributed by atoms with van der Waals surface area (Å²) in [5, 5.41) is 0. The summed E-state index contributed by atoms with van der Waals surface area (Å²) < 4.78 is 10.6. The second kappa shape index (κ2) is 5.23. The number of rotatable bonds is 4. The fourth-order valence-corrected chi connectivity index (χ4v) is 1.71. The number of hydrogen-bond acceptors (Lipinski definition) is 3. The van der Waals surface area contributed by atoms with Crippen molar-refractivity contribution < 1.29 is 14.3 Å².